The first-order chi connectivity index (χ1) is 16.0. The van der Waals surface area contributed by atoms with E-state index in [0.717, 1.165) is 0 Å². The maximum Gasteiger partial charge on any atom is 0.274 e. The summed E-state index contributed by atoms with van der Waals surface area (Å²) in [5.41, 5.74) is 6.91. The number of amidine groups is 1. The van der Waals surface area contributed by atoms with Gasteiger partial charge in [-0.1, -0.05) is 5.92 Å². The summed E-state index contributed by atoms with van der Waals surface area (Å²) < 4.78 is 35.6. The normalized spacial score (nSPS) is 15.2. The molecule has 0 saturated carbocycles. The molecule has 2 heterocycles. The minimum atomic E-state index is -3.72. The predicted molar refractivity (Wildman–Crippen MR) is 130 cm³/mol. The number of hydrogen-bond donors (Lipinski definition) is 3. The maximum absolute atomic E-state index is 13.0. The smallest absolute Gasteiger partial charge is 0.274 e. The van der Waals surface area contributed by atoms with Gasteiger partial charge in [0.05, 0.1) is 18.6 Å². The largest absolute Gasteiger partial charge is 0.493 e. The van der Waals surface area contributed by atoms with Crippen LogP contribution in [-0.4, -0.2) is 48.9 Å². The van der Waals surface area contributed by atoms with Crippen molar-refractivity contribution in [3.05, 3.63) is 47.8 Å². The highest BCUT2D eigenvalue weighted by Crippen LogP contribution is 2.38. The number of rotatable bonds is 8. The molecule has 1 aromatic heterocycles. The van der Waals surface area contributed by atoms with E-state index in [2.05, 4.69) is 22.1 Å². The van der Waals surface area contributed by atoms with Gasteiger partial charge < -0.3 is 20.5 Å². The Kier molecular flexibility index (Phi) is 7.47. The second-order valence-electron chi connectivity index (χ2n) is 8.34. The molecule has 0 aliphatic carbocycles. The molecule has 1 aliphatic heterocycles. The first kappa shape index (κ1) is 25.1. The third kappa shape index (κ3) is 5.48. The van der Waals surface area contributed by atoms with E-state index in [0.29, 0.717) is 35.8 Å². The molecule has 2 aromatic rings. The molecule has 0 spiro atoms. The van der Waals surface area contributed by atoms with Crippen molar-refractivity contribution in [2.24, 2.45) is 5.73 Å². The molecule has 1 aromatic carbocycles. The zero-order valence-corrected chi connectivity index (χ0v) is 20.2. The number of carbonyl (C=O) groups is 1. The number of benzene rings is 1. The summed E-state index contributed by atoms with van der Waals surface area (Å²) in [5.74, 6) is 5.22. The van der Waals surface area contributed by atoms with Gasteiger partial charge in [-0.15, -0.1) is 5.92 Å². The summed E-state index contributed by atoms with van der Waals surface area (Å²) in [6.07, 6.45) is 1.94. The number of ether oxygens (including phenoxy) is 2. The molecule has 4 N–H and O–H groups in total. The lowest BCUT2D eigenvalue weighted by Gasteiger charge is -2.30. The number of aromatic nitrogens is 1. The van der Waals surface area contributed by atoms with Gasteiger partial charge in [0.1, 0.15) is 34.4 Å². The quantitative estimate of drug-likeness (QED) is 0.297. The molecule has 1 unspecified atom stereocenters. The van der Waals surface area contributed by atoms with Crippen LogP contribution in [0.25, 0.3) is 0 Å². The zero-order valence-electron chi connectivity index (χ0n) is 19.3. The Morgan fingerprint density at radius 1 is 1.35 bits per heavy atom. The summed E-state index contributed by atoms with van der Waals surface area (Å²) in [6.45, 7) is 5.20. The molecule has 3 rings (SSSR count). The monoisotopic (exact) mass is 484 g/mol. The van der Waals surface area contributed by atoms with E-state index >= 15 is 0 Å². The van der Waals surface area contributed by atoms with Crippen LogP contribution in [-0.2, 0) is 9.84 Å². The van der Waals surface area contributed by atoms with Crippen molar-refractivity contribution in [2.75, 3.05) is 24.3 Å². The van der Waals surface area contributed by atoms with E-state index in [4.69, 9.17) is 20.6 Å². The molecule has 0 saturated heterocycles. The minimum Gasteiger partial charge on any atom is -0.493 e. The van der Waals surface area contributed by atoms with E-state index < -0.39 is 26.3 Å². The molecule has 10 heteroatoms. The van der Waals surface area contributed by atoms with Crippen LogP contribution in [0.2, 0.25) is 0 Å². The van der Waals surface area contributed by atoms with Gasteiger partial charge in [-0.05, 0) is 57.5 Å². The summed E-state index contributed by atoms with van der Waals surface area (Å²) in [4.78, 5) is 16.8. The van der Waals surface area contributed by atoms with E-state index in [9.17, 15) is 13.2 Å². The number of anilines is 1. The molecule has 1 atom stereocenters. The summed E-state index contributed by atoms with van der Waals surface area (Å²) in [5, 5.41) is 10.5. The first-order valence-corrected chi connectivity index (χ1v) is 12.3. The third-order valence-corrected chi connectivity index (χ3v) is 8.35. The molecule has 9 nitrogen and oxygen atoms in total. The summed E-state index contributed by atoms with van der Waals surface area (Å²) in [6, 6.07) is 8.30. The van der Waals surface area contributed by atoms with Crippen molar-refractivity contribution >= 4 is 27.3 Å². The lowest BCUT2D eigenvalue weighted by Crippen LogP contribution is -2.47. The number of nitrogens with zero attached hydrogens (tertiary/aromatic N) is 1. The number of carbonyl (C=O) groups excluding carboxylic acids is 1. The van der Waals surface area contributed by atoms with Crippen LogP contribution in [0.15, 0.2) is 36.5 Å². The van der Waals surface area contributed by atoms with Crippen LogP contribution in [0.4, 0.5) is 5.69 Å². The number of amides is 1. The standard InChI is InChI=1S/C24H28N4O5S/c1-4-5-11-32-18-7-8-20(27-14-18)22(29)28-17-6-9-21-19(13-17)16(10-12-33-21)15-34(30,31)24(2,3)23(25)26/h6-9,13-14,16H,10-12,15H2,1-3H3,(H3,25,26)(H,28,29). The second kappa shape index (κ2) is 10.1. The number of pyridine rings is 1. The molecule has 34 heavy (non-hydrogen) atoms. The van der Waals surface area contributed by atoms with Gasteiger partial charge in [-0.25, -0.2) is 13.4 Å². The zero-order chi connectivity index (χ0) is 24.9. The van der Waals surface area contributed by atoms with Gasteiger partial charge in [0.15, 0.2) is 9.84 Å². The Hall–Kier alpha value is -3.58. The van der Waals surface area contributed by atoms with Crippen LogP contribution in [0.5, 0.6) is 11.5 Å². The number of sulfone groups is 1. The van der Waals surface area contributed by atoms with Crippen LogP contribution < -0.4 is 20.5 Å². The molecule has 0 bridgehead atoms. The van der Waals surface area contributed by atoms with E-state index in [1.54, 1.807) is 37.3 Å². The summed E-state index contributed by atoms with van der Waals surface area (Å²) >= 11 is 0. The second-order valence-corrected chi connectivity index (χ2v) is 10.9. The molecule has 180 valence electrons. The Labute approximate surface area is 199 Å². The molecule has 0 radical (unpaired) electrons. The van der Waals surface area contributed by atoms with Crippen molar-refractivity contribution < 1.29 is 22.7 Å². The Morgan fingerprint density at radius 3 is 2.76 bits per heavy atom. The van der Waals surface area contributed by atoms with Gasteiger partial charge in [0.25, 0.3) is 5.91 Å². The van der Waals surface area contributed by atoms with Crippen molar-refractivity contribution in [3.63, 3.8) is 0 Å². The SMILES string of the molecule is CC#CCOc1ccc(C(=O)Nc2ccc3c(c2)C(CS(=O)(=O)C(C)(C)C(=N)N)CCO3)nc1. The summed E-state index contributed by atoms with van der Waals surface area (Å²) in [7, 11) is -3.72. The number of nitrogens with two attached hydrogens (primary N) is 1. The number of nitrogens with one attached hydrogen (secondary N) is 2. The van der Waals surface area contributed by atoms with Gasteiger partial charge >= 0.3 is 0 Å². The fourth-order valence-corrected chi connectivity index (χ4v) is 4.97. The average Bonchev–Trinajstić information content (AvgIpc) is 2.79. The van der Waals surface area contributed by atoms with Crippen LogP contribution in [0.3, 0.4) is 0 Å². The lowest BCUT2D eigenvalue weighted by molar-refractivity contribution is 0.102. The molecule has 0 fully saturated rings. The Morgan fingerprint density at radius 2 is 2.12 bits per heavy atom. The third-order valence-electron chi connectivity index (χ3n) is 5.73. The molecular formula is C24H28N4O5S. The first-order valence-electron chi connectivity index (χ1n) is 10.7. The van der Waals surface area contributed by atoms with Crippen molar-refractivity contribution in [3.8, 4) is 23.3 Å². The number of hydrogen-bond acceptors (Lipinski definition) is 7. The highest BCUT2D eigenvalue weighted by atomic mass is 32.2. The Bertz CT molecular complexity index is 1240. The number of fused-ring (bicyclic) bond motifs is 1. The van der Waals surface area contributed by atoms with Crippen LogP contribution in [0, 0.1) is 17.3 Å². The van der Waals surface area contributed by atoms with E-state index in [1.165, 1.54) is 20.0 Å². The van der Waals surface area contributed by atoms with Crippen molar-refractivity contribution in [2.45, 2.75) is 37.9 Å². The van der Waals surface area contributed by atoms with Gasteiger partial charge in [0.2, 0.25) is 0 Å². The highest BCUT2D eigenvalue weighted by molar-refractivity contribution is 7.93. The maximum atomic E-state index is 13.0. The van der Waals surface area contributed by atoms with Gasteiger partial charge in [-0.2, -0.15) is 0 Å². The van der Waals surface area contributed by atoms with E-state index in [-0.39, 0.29) is 24.0 Å². The molecular weight excluding hydrogens is 456 g/mol. The minimum absolute atomic E-state index is 0.182. The predicted octanol–water partition coefficient (Wildman–Crippen LogP) is 2.73. The van der Waals surface area contributed by atoms with E-state index in [1.807, 2.05) is 0 Å². The van der Waals surface area contributed by atoms with Gasteiger partial charge in [0, 0.05) is 17.2 Å². The molecule has 1 aliphatic rings. The van der Waals surface area contributed by atoms with Crippen molar-refractivity contribution in [1.29, 1.82) is 5.41 Å². The Balaban J connectivity index is 1.77. The van der Waals surface area contributed by atoms with Gasteiger partial charge in [-0.3, -0.25) is 10.2 Å². The van der Waals surface area contributed by atoms with Crippen LogP contribution in [0.1, 0.15) is 49.2 Å². The van der Waals surface area contributed by atoms with Crippen LogP contribution >= 0.6 is 0 Å². The topological polar surface area (TPSA) is 144 Å². The average molecular weight is 485 g/mol. The van der Waals surface area contributed by atoms with Crippen molar-refractivity contribution in [1.82, 2.24) is 4.98 Å². The fraction of sp³-hybridized carbons (Fsp3) is 0.375. The highest BCUT2D eigenvalue weighted by Gasteiger charge is 2.40. The lowest BCUT2D eigenvalue weighted by atomic mass is 9.94. The fourth-order valence-electron chi connectivity index (χ4n) is 3.34. The molecule has 1 amide bonds.